The van der Waals surface area contributed by atoms with E-state index in [1.54, 1.807) is 36.4 Å². The highest BCUT2D eigenvalue weighted by atomic mass is 32.2. The highest BCUT2D eigenvalue weighted by Gasteiger charge is 2.25. The van der Waals surface area contributed by atoms with Crippen LogP contribution in [0.4, 0.5) is 5.69 Å². The van der Waals surface area contributed by atoms with Gasteiger partial charge in [0.1, 0.15) is 0 Å². The standard InChI is InChI=1S/C18H12N2O5S/c21-16-15(8-10-5-6-13-14(7-10)25-9-24-13)26-18(20-16)19-12-4-2-1-3-11(12)17(22)23/h1-8H,9H2,(H,22,23)(H,19,20,21). The first kappa shape index (κ1) is 16.2. The maximum atomic E-state index is 12.2. The molecular formula is C18H12N2O5S. The Kier molecular flexibility index (Phi) is 4.10. The SMILES string of the molecule is O=C1NC(=Nc2ccccc2C(=O)O)SC1=Cc1ccc2c(c1)OCO2. The summed E-state index contributed by atoms with van der Waals surface area (Å²) in [7, 11) is 0. The number of amides is 1. The molecule has 8 heteroatoms. The Morgan fingerprint density at radius 3 is 2.85 bits per heavy atom. The van der Waals surface area contributed by atoms with Crippen molar-refractivity contribution < 1.29 is 24.2 Å². The summed E-state index contributed by atoms with van der Waals surface area (Å²) in [4.78, 5) is 28.2. The smallest absolute Gasteiger partial charge is 0.337 e. The second kappa shape index (κ2) is 6.57. The van der Waals surface area contributed by atoms with Crippen LogP contribution in [0.15, 0.2) is 52.4 Å². The van der Waals surface area contributed by atoms with Gasteiger partial charge in [0.05, 0.1) is 16.2 Å². The van der Waals surface area contributed by atoms with E-state index in [1.807, 2.05) is 6.07 Å². The van der Waals surface area contributed by atoms with Crippen LogP contribution in [0.25, 0.3) is 6.08 Å². The van der Waals surface area contributed by atoms with Crippen LogP contribution >= 0.6 is 11.8 Å². The highest BCUT2D eigenvalue weighted by molar-refractivity contribution is 8.18. The van der Waals surface area contributed by atoms with Gasteiger partial charge < -0.3 is 19.9 Å². The summed E-state index contributed by atoms with van der Waals surface area (Å²) in [5.74, 6) is -0.0649. The van der Waals surface area contributed by atoms with E-state index in [0.29, 0.717) is 21.6 Å². The summed E-state index contributed by atoms with van der Waals surface area (Å²) in [6.07, 6.45) is 1.72. The molecule has 2 aromatic carbocycles. The molecule has 1 fully saturated rings. The predicted molar refractivity (Wildman–Crippen MR) is 96.8 cm³/mol. The molecule has 2 heterocycles. The van der Waals surface area contributed by atoms with Gasteiger partial charge >= 0.3 is 5.97 Å². The van der Waals surface area contributed by atoms with Crippen molar-refractivity contribution in [1.82, 2.24) is 5.32 Å². The third-order valence-electron chi connectivity index (χ3n) is 3.70. The molecule has 130 valence electrons. The number of carbonyl (C=O) groups is 2. The van der Waals surface area contributed by atoms with Crippen molar-refractivity contribution in [3.63, 3.8) is 0 Å². The van der Waals surface area contributed by atoms with Gasteiger partial charge in [-0.3, -0.25) is 4.79 Å². The quantitative estimate of drug-likeness (QED) is 0.809. The van der Waals surface area contributed by atoms with Crippen LogP contribution in [0.1, 0.15) is 15.9 Å². The Balaban J connectivity index is 1.60. The van der Waals surface area contributed by atoms with E-state index in [0.717, 1.165) is 17.3 Å². The Morgan fingerprint density at radius 1 is 1.19 bits per heavy atom. The summed E-state index contributed by atoms with van der Waals surface area (Å²) in [6.45, 7) is 0.185. The fraction of sp³-hybridized carbons (Fsp3) is 0.0556. The van der Waals surface area contributed by atoms with E-state index in [1.165, 1.54) is 6.07 Å². The van der Waals surface area contributed by atoms with Crippen molar-refractivity contribution in [2.45, 2.75) is 0 Å². The number of hydrogen-bond donors (Lipinski definition) is 2. The number of nitrogens with one attached hydrogen (secondary N) is 1. The monoisotopic (exact) mass is 368 g/mol. The fourth-order valence-electron chi connectivity index (χ4n) is 2.50. The zero-order chi connectivity index (χ0) is 18.1. The molecule has 1 saturated heterocycles. The molecular weight excluding hydrogens is 356 g/mol. The summed E-state index contributed by atoms with van der Waals surface area (Å²) < 4.78 is 10.6. The van der Waals surface area contributed by atoms with Crippen LogP contribution in [0.3, 0.4) is 0 Å². The first-order valence-electron chi connectivity index (χ1n) is 7.62. The van der Waals surface area contributed by atoms with Crippen LogP contribution in [-0.4, -0.2) is 28.9 Å². The Hall–Kier alpha value is -3.26. The number of ether oxygens (including phenoxy) is 2. The molecule has 2 aliphatic rings. The van der Waals surface area contributed by atoms with Crippen molar-refractivity contribution >= 4 is 40.6 Å². The molecule has 0 unspecified atom stereocenters. The topological polar surface area (TPSA) is 97.2 Å². The number of thioether (sulfide) groups is 1. The molecule has 0 atom stereocenters. The Morgan fingerprint density at radius 2 is 2.00 bits per heavy atom. The minimum atomic E-state index is -1.07. The number of nitrogens with zero attached hydrogens (tertiary/aromatic N) is 1. The molecule has 1 amide bonds. The molecule has 0 spiro atoms. The van der Waals surface area contributed by atoms with E-state index in [-0.39, 0.29) is 24.0 Å². The number of amidine groups is 1. The first-order chi connectivity index (χ1) is 12.6. The number of carboxylic acids is 1. The van der Waals surface area contributed by atoms with Gasteiger partial charge in [0, 0.05) is 0 Å². The van der Waals surface area contributed by atoms with Crippen molar-refractivity contribution in [1.29, 1.82) is 0 Å². The number of benzene rings is 2. The molecule has 0 aliphatic carbocycles. The Labute approximate surface area is 152 Å². The van der Waals surface area contributed by atoms with Crippen molar-refractivity contribution in [2.75, 3.05) is 6.79 Å². The number of aliphatic imine (C=N–C) groups is 1. The lowest BCUT2D eigenvalue weighted by atomic mass is 10.2. The van der Waals surface area contributed by atoms with Crippen LogP contribution in [0.5, 0.6) is 11.5 Å². The molecule has 0 bridgehead atoms. The van der Waals surface area contributed by atoms with Crippen molar-refractivity contribution in [3.8, 4) is 11.5 Å². The van der Waals surface area contributed by atoms with E-state index in [9.17, 15) is 14.7 Å². The summed E-state index contributed by atoms with van der Waals surface area (Å²) in [5.41, 5.74) is 1.15. The lowest BCUT2D eigenvalue weighted by Crippen LogP contribution is -2.19. The Bertz CT molecular complexity index is 983. The van der Waals surface area contributed by atoms with Gasteiger partial charge in [-0.2, -0.15) is 0 Å². The number of para-hydroxylation sites is 1. The fourth-order valence-corrected chi connectivity index (χ4v) is 3.33. The van der Waals surface area contributed by atoms with Gasteiger partial charge in [0.2, 0.25) is 6.79 Å². The number of hydrogen-bond acceptors (Lipinski definition) is 6. The average Bonchev–Trinajstić information content (AvgIpc) is 3.21. The predicted octanol–water partition coefficient (Wildman–Crippen LogP) is 3.01. The average molecular weight is 368 g/mol. The summed E-state index contributed by atoms with van der Waals surface area (Å²) in [5, 5.41) is 12.2. The van der Waals surface area contributed by atoms with Crippen molar-refractivity contribution in [3.05, 3.63) is 58.5 Å². The van der Waals surface area contributed by atoms with Crippen LogP contribution in [-0.2, 0) is 4.79 Å². The molecule has 0 aromatic heterocycles. The normalized spacial score (nSPS) is 18.4. The lowest BCUT2D eigenvalue weighted by molar-refractivity contribution is -0.115. The number of carbonyl (C=O) groups excluding carboxylic acids is 1. The molecule has 2 aliphatic heterocycles. The number of fused-ring (bicyclic) bond motifs is 1. The van der Waals surface area contributed by atoms with Crippen LogP contribution < -0.4 is 14.8 Å². The maximum Gasteiger partial charge on any atom is 0.337 e. The lowest BCUT2D eigenvalue weighted by Gasteiger charge is -2.01. The summed E-state index contributed by atoms with van der Waals surface area (Å²) >= 11 is 1.15. The molecule has 2 aromatic rings. The summed E-state index contributed by atoms with van der Waals surface area (Å²) in [6, 6.07) is 11.8. The first-order valence-corrected chi connectivity index (χ1v) is 8.43. The third-order valence-corrected chi connectivity index (χ3v) is 4.61. The van der Waals surface area contributed by atoms with Crippen LogP contribution in [0.2, 0.25) is 0 Å². The second-order valence-electron chi connectivity index (χ2n) is 5.42. The molecule has 4 rings (SSSR count). The van der Waals surface area contributed by atoms with E-state index in [2.05, 4.69) is 10.3 Å². The van der Waals surface area contributed by atoms with Gasteiger partial charge in [0.25, 0.3) is 5.91 Å². The molecule has 0 radical (unpaired) electrons. The van der Waals surface area contributed by atoms with Gasteiger partial charge in [0.15, 0.2) is 16.7 Å². The second-order valence-corrected chi connectivity index (χ2v) is 6.45. The van der Waals surface area contributed by atoms with E-state index >= 15 is 0 Å². The van der Waals surface area contributed by atoms with E-state index in [4.69, 9.17) is 9.47 Å². The molecule has 2 N–H and O–H groups in total. The number of carboxylic acid groups (broad SMARTS) is 1. The third kappa shape index (κ3) is 3.14. The molecule has 0 saturated carbocycles. The van der Waals surface area contributed by atoms with Gasteiger partial charge in [-0.15, -0.1) is 0 Å². The van der Waals surface area contributed by atoms with E-state index < -0.39 is 5.97 Å². The number of aromatic carboxylic acids is 1. The van der Waals surface area contributed by atoms with Crippen molar-refractivity contribution in [2.24, 2.45) is 4.99 Å². The minimum absolute atomic E-state index is 0.0723. The van der Waals surface area contributed by atoms with Gasteiger partial charge in [-0.25, -0.2) is 9.79 Å². The minimum Gasteiger partial charge on any atom is -0.478 e. The number of rotatable bonds is 3. The largest absolute Gasteiger partial charge is 0.478 e. The highest BCUT2D eigenvalue weighted by Crippen LogP contribution is 2.35. The van der Waals surface area contributed by atoms with Crippen LogP contribution in [0, 0.1) is 0 Å². The van der Waals surface area contributed by atoms with Gasteiger partial charge in [-0.1, -0.05) is 18.2 Å². The maximum absolute atomic E-state index is 12.2. The zero-order valence-electron chi connectivity index (χ0n) is 13.3. The molecule has 26 heavy (non-hydrogen) atoms. The zero-order valence-corrected chi connectivity index (χ0v) is 14.1. The van der Waals surface area contributed by atoms with Gasteiger partial charge in [-0.05, 0) is 47.7 Å². The molecule has 7 nitrogen and oxygen atoms in total.